The van der Waals surface area contributed by atoms with Crippen LogP contribution in [0.4, 0.5) is 0 Å². The van der Waals surface area contributed by atoms with Crippen LogP contribution in [-0.4, -0.2) is 21.1 Å². The molecule has 0 bridgehead atoms. The minimum Gasteiger partial charge on any atom is -0.452 e. The average molecular weight is 429 g/mol. The summed E-state index contributed by atoms with van der Waals surface area (Å²) in [4.78, 5) is 21.3. The first-order valence-electron chi connectivity index (χ1n) is 9.41. The van der Waals surface area contributed by atoms with Gasteiger partial charge in [0, 0.05) is 16.5 Å². The van der Waals surface area contributed by atoms with Gasteiger partial charge in [0.2, 0.25) is 11.7 Å². The summed E-state index contributed by atoms with van der Waals surface area (Å²) in [7, 11) is 0. The zero-order valence-electron chi connectivity index (χ0n) is 16.1. The molecule has 0 fully saturated rings. The molecule has 0 atom stereocenters. The van der Waals surface area contributed by atoms with Crippen molar-refractivity contribution in [2.24, 2.45) is 0 Å². The van der Waals surface area contributed by atoms with E-state index in [0.29, 0.717) is 28.6 Å². The Morgan fingerprint density at radius 2 is 1.84 bits per heavy atom. The van der Waals surface area contributed by atoms with Crippen LogP contribution >= 0.6 is 11.3 Å². The van der Waals surface area contributed by atoms with Crippen molar-refractivity contribution in [3.63, 3.8) is 0 Å². The molecular weight excluding hydrogens is 414 g/mol. The Kier molecular flexibility index (Phi) is 5.12. The van der Waals surface area contributed by atoms with E-state index < -0.39 is 5.97 Å². The van der Waals surface area contributed by atoms with Gasteiger partial charge in [-0.2, -0.15) is 16.3 Å². The van der Waals surface area contributed by atoms with E-state index in [1.807, 2.05) is 53.2 Å². The Balaban J connectivity index is 1.33. The van der Waals surface area contributed by atoms with Crippen LogP contribution in [0.15, 0.2) is 86.6 Å². The number of thiophene rings is 1. The van der Waals surface area contributed by atoms with Crippen LogP contribution in [-0.2, 0) is 11.3 Å². The molecular formula is C23H15N3O4S. The van der Waals surface area contributed by atoms with Gasteiger partial charge in [-0.1, -0.05) is 47.6 Å². The minimum absolute atomic E-state index is 0.134. The average Bonchev–Trinajstić information content (AvgIpc) is 3.59. The lowest BCUT2D eigenvalue weighted by atomic mass is 10.1. The molecule has 0 spiro atoms. The summed E-state index contributed by atoms with van der Waals surface area (Å²) in [5.41, 5.74) is 2.63. The highest BCUT2D eigenvalue weighted by molar-refractivity contribution is 7.08. The molecule has 0 radical (unpaired) electrons. The molecule has 7 nitrogen and oxygen atoms in total. The standard InChI is InChI=1S/C23H15N3O4S/c27-23(28-13-20-25-21(26-30-20)16-10-11-31-14-16)18-9-5-4-8-17(18)22-24-12-19(29-22)15-6-2-1-3-7-15/h1-12,14H,13H2. The van der Waals surface area contributed by atoms with Gasteiger partial charge in [0.05, 0.1) is 17.3 Å². The van der Waals surface area contributed by atoms with Gasteiger partial charge in [-0.25, -0.2) is 9.78 Å². The molecule has 8 heteroatoms. The largest absolute Gasteiger partial charge is 0.452 e. The summed E-state index contributed by atoms with van der Waals surface area (Å²) in [6, 6.07) is 18.5. The van der Waals surface area contributed by atoms with Crippen LogP contribution in [0.3, 0.4) is 0 Å². The monoisotopic (exact) mass is 429 g/mol. The fourth-order valence-electron chi connectivity index (χ4n) is 3.01. The van der Waals surface area contributed by atoms with Crippen molar-refractivity contribution in [2.75, 3.05) is 0 Å². The fraction of sp³-hybridized carbons (Fsp3) is 0.0435. The summed E-state index contributed by atoms with van der Waals surface area (Å²) >= 11 is 1.54. The van der Waals surface area contributed by atoms with Crippen molar-refractivity contribution in [1.82, 2.24) is 15.1 Å². The SMILES string of the molecule is O=C(OCc1nc(-c2ccsc2)no1)c1ccccc1-c1ncc(-c2ccccc2)o1. The zero-order chi connectivity index (χ0) is 21.0. The lowest BCUT2D eigenvalue weighted by Crippen LogP contribution is -2.07. The number of carbonyl (C=O) groups is 1. The number of benzene rings is 2. The van der Waals surface area contributed by atoms with Crippen molar-refractivity contribution in [3.05, 3.63) is 89.1 Å². The number of esters is 1. The molecule has 3 aromatic heterocycles. The molecule has 0 amide bonds. The first kappa shape index (κ1) is 19.0. The topological polar surface area (TPSA) is 91.2 Å². The number of ether oxygens (including phenoxy) is 1. The van der Waals surface area contributed by atoms with Gasteiger partial charge in [0.1, 0.15) is 0 Å². The molecule has 5 aromatic rings. The molecule has 3 heterocycles. The van der Waals surface area contributed by atoms with Crippen molar-refractivity contribution in [3.8, 4) is 34.2 Å². The zero-order valence-corrected chi connectivity index (χ0v) is 16.9. The molecule has 5 rings (SSSR count). The summed E-state index contributed by atoms with van der Waals surface area (Å²) in [5.74, 6) is 1.09. The summed E-state index contributed by atoms with van der Waals surface area (Å²) in [6.07, 6.45) is 1.64. The molecule has 0 N–H and O–H groups in total. The second-order valence-corrected chi connectivity index (χ2v) is 7.32. The maximum absolute atomic E-state index is 12.7. The Hall–Kier alpha value is -4.04. The van der Waals surface area contributed by atoms with Crippen LogP contribution in [0.2, 0.25) is 0 Å². The lowest BCUT2D eigenvalue weighted by molar-refractivity contribution is 0.0430. The van der Waals surface area contributed by atoms with Gasteiger partial charge < -0.3 is 13.7 Å². The van der Waals surface area contributed by atoms with E-state index in [1.165, 1.54) is 11.3 Å². The first-order valence-corrected chi connectivity index (χ1v) is 10.3. The second-order valence-electron chi connectivity index (χ2n) is 6.54. The first-order chi connectivity index (χ1) is 15.3. The van der Waals surface area contributed by atoms with Gasteiger partial charge >= 0.3 is 5.97 Å². The Bertz CT molecular complexity index is 1310. The van der Waals surface area contributed by atoms with Crippen molar-refractivity contribution in [1.29, 1.82) is 0 Å². The van der Waals surface area contributed by atoms with Gasteiger partial charge in [-0.3, -0.25) is 0 Å². The third-order valence-electron chi connectivity index (χ3n) is 4.52. The van der Waals surface area contributed by atoms with Crippen LogP contribution in [0.25, 0.3) is 34.2 Å². The van der Waals surface area contributed by atoms with E-state index >= 15 is 0 Å². The minimum atomic E-state index is -0.537. The number of hydrogen-bond donors (Lipinski definition) is 0. The van der Waals surface area contributed by atoms with Crippen LogP contribution in [0.1, 0.15) is 16.2 Å². The van der Waals surface area contributed by atoms with E-state index in [4.69, 9.17) is 13.7 Å². The quantitative estimate of drug-likeness (QED) is 0.330. The molecule has 31 heavy (non-hydrogen) atoms. The van der Waals surface area contributed by atoms with Crippen LogP contribution in [0, 0.1) is 0 Å². The summed E-state index contributed by atoms with van der Waals surface area (Å²) < 4.78 is 16.5. The third kappa shape index (κ3) is 4.01. The van der Waals surface area contributed by atoms with Gasteiger partial charge in [-0.05, 0) is 23.6 Å². The smallest absolute Gasteiger partial charge is 0.339 e. The molecule has 152 valence electrons. The second kappa shape index (κ2) is 8.37. The van der Waals surface area contributed by atoms with Crippen molar-refractivity contribution < 1.29 is 18.5 Å². The molecule has 0 unspecified atom stereocenters. The number of rotatable bonds is 6. The highest BCUT2D eigenvalue weighted by Gasteiger charge is 2.19. The molecule has 0 aliphatic carbocycles. The van der Waals surface area contributed by atoms with E-state index in [9.17, 15) is 4.79 Å². The number of oxazole rings is 1. The molecule has 2 aromatic carbocycles. The van der Waals surface area contributed by atoms with Crippen LogP contribution < -0.4 is 0 Å². The van der Waals surface area contributed by atoms with Gasteiger partial charge in [0.25, 0.3) is 5.89 Å². The predicted molar refractivity (Wildman–Crippen MR) is 114 cm³/mol. The van der Waals surface area contributed by atoms with Gasteiger partial charge in [0.15, 0.2) is 12.4 Å². The Morgan fingerprint density at radius 3 is 2.68 bits per heavy atom. The number of hydrogen-bond acceptors (Lipinski definition) is 8. The maximum atomic E-state index is 12.7. The van der Waals surface area contributed by atoms with Crippen LogP contribution in [0.5, 0.6) is 0 Å². The Labute approximate surface area is 181 Å². The van der Waals surface area contributed by atoms with E-state index in [2.05, 4.69) is 15.1 Å². The molecule has 0 aliphatic rings. The molecule has 0 saturated carbocycles. The molecule has 0 aliphatic heterocycles. The fourth-order valence-corrected chi connectivity index (χ4v) is 3.64. The number of aromatic nitrogens is 3. The van der Waals surface area contributed by atoms with E-state index in [-0.39, 0.29) is 12.5 Å². The van der Waals surface area contributed by atoms with Gasteiger partial charge in [-0.15, -0.1) is 0 Å². The predicted octanol–water partition coefficient (Wildman–Crippen LogP) is 5.48. The number of nitrogens with zero attached hydrogens (tertiary/aromatic N) is 3. The normalized spacial score (nSPS) is 10.8. The van der Waals surface area contributed by atoms with Crippen molar-refractivity contribution >= 4 is 17.3 Å². The summed E-state index contributed by atoms with van der Waals surface area (Å²) in [5, 5.41) is 7.75. The number of carbonyl (C=O) groups excluding carboxylic acids is 1. The summed E-state index contributed by atoms with van der Waals surface area (Å²) in [6.45, 7) is -0.134. The van der Waals surface area contributed by atoms with Crippen molar-refractivity contribution in [2.45, 2.75) is 6.61 Å². The maximum Gasteiger partial charge on any atom is 0.339 e. The van der Waals surface area contributed by atoms with E-state index in [0.717, 1.165) is 11.1 Å². The lowest BCUT2D eigenvalue weighted by Gasteiger charge is -2.06. The third-order valence-corrected chi connectivity index (χ3v) is 5.20. The van der Waals surface area contributed by atoms with E-state index in [1.54, 1.807) is 24.4 Å². The highest BCUT2D eigenvalue weighted by atomic mass is 32.1. The highest BCUT2D eigenvalue weighted by Crippen LogP contribution is 2.28. The Morgan fingerprint density at radius 1 is 1.00 bits per heavy atom. The molecule has 0 saturated heterocycles.